The number of furan rings is 1. The van der Waals surface area contributed by atoms with Gasteiger partial charge in [0, 0.05) is 79.6 Å². The maximum atomic E-state index is 7.24. The molecule has 91 heavy (non-hydrogen) atoms. The van der Waals surface area contributed by atoms with Gasteiger partial charge in [0.05, 0.1) is 16.8 Å². The topological polar surface area (TPSA) is 44.1 Å². The van der Waals surface area contributed by atoms with Gasteiger partial charge in [-0.3, -0.25) is 0 Å². The van der Waals surface area contributed by atoms with Crippen molar-refractivity contribution in [2.24, 2.45) is 0 Å². The summed E-state index contributed by atoms with van der Waals surface area (Å²) < 4.78 is 13.9. The highest BCUT2D eigenvalue weighted by Crippen LogP contribution is 2.54. The maximum Gasteiger partial charge on any atom is 0.252 e. The molecule has 4 aliphatic rings. The van der Waals surface area contributed by atoms with Gasteiger partial charge in [-0.1, -0.05) is 234 Å². The first-order chi connectivity index (χ1) is 44.6. The SMILES string of the molecule is C=CC1B(c2ccccc2NC2=CC=CCC2)c2cc3c(cc2N(c2c(-c4ccccc4)cccc2-c2ccccc2)/C1=C/C(=C)OC(=C)/C=C\CC)N(c1ccccc1)c1cc2oc4ccc(C(C)(C)C)cc4c2c2c1B3c1ccccc1N2c1ccccc1. The number of para-hydroxylation sites is 5. The van der Waals surface area contributed by atoms with E-state index in [2.05, 4.69) is 315 Å². The van der Waals surface area contributed by atoms with Gasteiger partial charge in [-0.2, -0.15) is 0 Å². The van der Waals surface area contributed by atoms with Crippen molar-refractivity contribution < 1.29 is 9.15 Å². The first kappa shape index (κ1) is 56.8. The summed E-state index contributed by atoms with van der Waals surface area (Å²) >= 11 is 0. The number of benzene rings is 10. The van der Waals surface area contributed by atoms with E-state index in [1.165, 1.54) is 27.6 Å². The molecule has 440 valence electrons. The van der Waals surface area contributed by atoms with Crippen LogP contribution in [-0.4, -0.2) is 13.4 Å². The Morgan fingerprint density at radius 1 is 0.604 bits per heavy atom. The minimum Gasteiger partial charge on any atom is -0.459 e. The molecule has 6 nitrogen and oxygen atoms in total. The third-order valence-electron chi connectivity index (χ3n) is 18.5. The summed E-state index contributed by atoms with van der Waals surface area (Å²) in [5, 5.41) is 6.19. The maximum absolute atomic E-state index is 7.24. The van der Waals surface area contributed by atoms with Gasteiger partial charge in [0.1, 0.15) is 22.7 Å². The fourth-order valence-electron chi connectivity index (χ4n) is 14.5. The predicted molar refractivity (Wildman–Crippen MR) is 388 cm³/mol. The molecule has 4 heterocycles. The molecule has 0 bridgehead atoms. The van der Waals surface area contributed by atoms with E-state index in [9.17, 15) is 0 Å². The zero-order valence-corrected chi connectivity index (χ0v) is 52.0. The summed E-state index contributed by atoms with van der Waals surface area (Å²) in [6.45, 7) is 22.3. The van der Waals surface area contributed by atoms with Crippen LogP contribution in [0.5, 0.6) is 0 Å². The average Bonchev–Trinajstić information content (AvgIpc) is 1.64. The third-order valence-corrected chi connectivity index (χ3v) is 18.5. The minimum atomic E-state index is -0.362. The summed E-state index contributed by atoms with van der Waals surface area (Å²) in [6.07, 6.45) is 17.6. The Morgan fingerprint density at radius 3 is 1.90 bits per heavy atom. The number of allylic oxidation sites excluding steroid dienone is 8. The lowest BCUT2D eigenvalue weighted by Crippen LogP contribution is -2.63. The number of anilines is 9. The Labute approximate surface area is 535 Å². The van der Waals surface area contributed by atoms with Crippen molar-refractivity contribution in [3.63, 3.8) is 0 Å². The second-order valence-electron chi connectivity index (χ2n) is 25.2. The molecule has 0 radical (unpaired) electrons. The first-order valence-electron chi connectivity index (χ1n) is 31.9. The summed E-state index contributed by atoms with van der Waals surface area (Å²) in [6, 6.07) is 82.3. The number of hydrogen-bond acceptors (Lipinski definition) is 6. The highest BCUT2D eigenvalue weighted by atomic mass is 16.5. The molecule has 0 spiro atoms. The van der Waals surface area contributed by atoms with E-state index in [0.717, 1.165) is 131 Å². The van der Waals surface area contributed by atoms with Crippen molar-refractivity contribution in [1.29, 1.82) is 0 Å². The summed E-state index contributed by atoms with van der Waals surface area (Å²) in [5.41, 5.74) is 24.7. The van der Waals surface area contributed by atoms with Gasteiger partial charge >= 0.3 is 0 Å². The molecule has 0 fully saturated rings. The zero-order valence-electron chi connectivity index (χ0n) is 52.0. The molecule has 15 rings (SSSR count). The Balaban J connectivity index is 1.11. The van der Waals surface area contributed by atoms with Crippen molar-refractivity contribution in [2.45, 2.75) is 58.2 Å². The van der Waals surface area contributed by atoms with Crippen LogP contribution in [-0.2, 0) is 10.2 Å². The fourth-order valence-corrected chi connectivity index (χ4v) is 14.5. The van der Waals surface area contributed by atoms with E-state index < -0.39 is 0 Å². The summed E-state index contributed by atoms with van der Waals surface area (Å²) in [7, 11) is 0. The summed E-state index contributed by atoms with van der Waals surface area (Å²) in [5.74, 6) is 0.605. The van der Waals surface area contributed by atoms with Crippen molar-refractivity contribution in [3.8, 4) is 22.3 Å². The van der Waals surface area contributed by atoms with Gasteiger partial charge in [0.25, 0.3) is 6.71 Å². The van der Waals surface area contributed by atoms with Gasteiger partial charge in [-0.15, -0.1) is 6.58 Å². The van der Waals surface area contributed by atoms with Crippen LogP contribution >= 0.6 is 0 Å². The van der Waals surface area contributed by atoms with E-state index in [1.807, 2.05) is 6.08 Å². The first-order valence-corrected chi connectivity index (χ1v) is 31.9. The molecule has 8 heteroatoms. The van der Waals surface area contributed by atoms with Gasteiger partial charge in [0.15, 0.2) is 0 Å². The van der Waals surface area contributed by atoms with Crippen LogP contribution < -0.4 is 47.3 Å². The molecular weight excluding hydrogens is 1110 g/mol. The van der Waals surface area contributed by atoms with E-state index >= 15 is 0 Å². The van der Waals surface area contributed by atoms with Crippen LogP contribution in [0.1, 0.15) is 52.5 Å². The lowest BCUT2D eigenvalue weighted by molar-refractivity contribution is 0.339. The average molecular weight is 1180 g/mol. The largest absolute Gasteiger partial charge is 0.459 e. The second kappa shape index (κ2) is 23.4. The predicted octanol–water partition coefficient (Wildman–Crippen LogP) is 19.2. The molecule has 1 atom stereocenters. The van der Waals surface area contributed by atoms with Crippen LogP contribution in [0.4, 0.5) is 51.2 Å². The smallest absolute Gasteiger partial charge is 0.252 e. The second-order valence-corrected chi connectivity index (χ2v) is 25.2. The zero-order chi connectivity index (χ0) is 61.9. The summed E-state index contributed by atoms with van der Waals surface area (Å²) in [4.78, 5) is 7.55. The Morgan fingerprint density at radius 2 is 1.24 bits per heavy atom. The Hall–Kier alpha value is -10.7. The molecular formula is C83H70B2N4O2. The van der Waals surface area contributed by atoms with Crippen molar-refractivity contribution in [1.82, 2.24) is 0 Å². The van der Waals surface area contributed by atoms with Crippen molar-refractivity contribution >= 4 is 114 Å². The third kappa shape index (κ3) is 9.95. The van der Waals surface area contributed by atoms with Crippen molar-refractivity contribution in [3.05, 3.63) is 315 Å². The number of nitrogens with zero attached hydrogens (tertiary/aromatic N) is 3. The van der Waals surface area contributed by atoms with Gasteiger partial charge in [-0.25, -0.2) is 0 Å². The number of nitrogens with one attached hydrogen (secondary N) is 1. The molecule has 1 unspecified atom stereocenters. The standard InChI is InChI=1S/C83H70B2N4O2/c1-8-10-31-55(3)90-56(4)50-73-66(9-2)84(67-44-26-28-46-71(67)86-60-36-20-13-21-37-60)69-52-70-74(53-75(69)89(73)81-63(57-32-16-11-17-33-57)42-30-43-64(81)58-34-18-12-19-35-58)87(61-38-22-14-23-39-61)76-54-78-79(65-51-59(83(5,6)7)48-49-77(65)91-78)82-80(76)85(70)68-45-27-29-47-72(68)88(82)62-40-24-15-25-41-62/h9-20,22-36,38-54,66,86H,2-4,8,21,37H2,1,5-7H3/b31-10-,73-50+. The monoisotopic (exact) mass is 1180 g/mol. The molecule has 11 aromatic rings. The number of rotatable bonds is 14. The molecule has 1 N–H and O–H groups in total. The Bertz CT molecular complexity index is 4770. The molecule has 0 saturated heterocycles. The molecule has 1 aliphatic carbocycles. The number of ether oxygens (including phenoxy) is 1. The highest BCUT2D eigenvalue weighted by molar-refractivity contribution is 7.01. The molecule has 3 aliphatic heterocycles. The van der Waals surface area contributed by atoms with Gasteiger partial charge in [-0.05, 0) is 136 Å². The Kier molecular flexibility index (Phi) is 14.6. The van der Waals surface area contributed by atoms with E-state index in [0.29, 0.717) is 11.5 Å². The van der Waals surface area contributed by atoms with Crippen LogP contribution in [0, 0.1) is 0 Å². The highest BCUT2D eigenvalue weighted by Gasteiger charge is 2.49. The normalized spacial score (nSPS) is 15.3. The van der Waals surface area contributed by atoms with E-state index in [4.69, 9.17) is 22.3 Å². The molecule has 10 aromatic carbocycles. The van der Waals surface area contributed by atoms with Crippen LogP contribution in [0.25, 0.3) is 44.2 Å². The minimum absolute atomic E-state index is 0.106. The van der Waals surface area contributed by atoms with Crippen LogP contribution in [0.15, 0.2) is 314 Å². The molecule has 0 saturated carbocycles. The van der Waals surface area contributed by atoms with Gasteiger partial charge in [0.2, 0.25) is 6.71 Å². The molecule has 0 amide bonds. The number of hydrogen-bond donors (Lipinski definition) is 1. The lowest BCUT2D eigenvalue weighted by Gasteiger charge is -2.47. The van der Waals surface area contributed by atoms with Gasteiger partial charge < -0.3 is 29.2 Å². The number of fused-ring (bicyclic) bond motifs is 9. The quantitative estimate of drug-likeness (QED) is 0.0507. The molecule has 1 aromatic heterocycles. The fraction of sp³-hybridized carbons (Fsp3) is 0.108. The van der Waals surface area contributed by atoms with E-state index in [1.54, 1.807) is 0 Å². The lowest BCUT2D eigenvalue weighted by atomic mass is 9.29. The van der Waals surface area contributed by atoms with E-state index in [-0.39, 0.29) is 24.7 Å². The van der Waals surface area contributed by atoms with Crippen LogP contribution in [0.3, 0.4) is 0 Å². The van der Waals surface area contributed by atoms with Crippen molar-refractivity contribution in [2.75, 3.05) is 20.0 Å². The van der Waals surface area contributed by atoms with Crippen LogP contribution in [0.2, 0.25) is 5.82 Å².